The first-order valence-corrected chi connectivity index (χ1v) is 13.9. The summed E-state index contributed by atoms with van der Waals surface area (Å²) in [5.74, 6) is 1.02. The number of nitrogens with one attached hydrogen (secondary N) is 1. The summed E-state index contributed by atoms with van der Waals surface area (Å²) in [5, 5.41) is 4.55. The van der Waals surface area contributed by atoms with Crippen LogP contribution in [0, 0.1) is 12.8 Å². The van der Waals surface area contributed by atoms with Crippen LogP contribution in [0.25, 0.3) is 10.9 Å². The molecule has 1 amide bonds. The van der Waals surface area contributed by atoms with Gasteiger partial charge in [0.05, 0.1) is 13.2 Å². The van der Waals surface area contributed by atoms with Gasteiger partial charge in [0.1, 0.15) is 0 Å². The first-order valence-electron chi connectivity index (χ1n) is 13.9. The van der Waals surface area contributed by atoms with Crippen molar-refractivity contribution in [3.63, 3.8) is 0 Å². The summed E-state index contributed by atoms with van der Waals surface area (Å²) in [6.45, 7) is 8.11. The van der Waals surface area contributed by atoms with Gasteiger partial charge in [0.2, 0.25) is 5.91 Å². The molecule has 0 radical (unpaired) electrons. The van der Waals surface area contributed by atoms with E-state index in [0.29, 0.717) is 18.9 Å². The Morgan fingerprint density at radius 3 is 2.56 bits per heavy atom. The SMILES string of the molecule is Cc1ccc(Cn2cc(C(CC(=O)NCCN3CCOCC3)C3CCCCC3)c3ccccc32)cc1. The van der Waals surface area contributed by atoms with Crippen molar-refractivity contribution in [3.05, 3.63) is 71.4 Å². The van der Waals surface area contributed by atoms with Crippen LogP contribution >= 0.6 is 0 Å². The molecule has 36 heavy (non-hydrogen) atoms. The third-order valence-corrected chi connectivity index (χ3v) is 8.17. The highest BCUT2D eigenvalue weighted by atomic mass is 16.5. The number of hydrogen-bond donors (Lipinski definition) is 1. The van der Waals surface area contributed by atoms with Crippen molar-refractivity contribution >= 4 is 16.8 Å². The topological polar surface area (TPSA) is 46.5 Å². The molecule has 3 aromatic rings. The maximum Gasteiger partial charge on any atom is 0.220 e. The highest BCUT2D eigenvalue weighted by Gasteiger charge is 2.29. The van der Waals surface area contributed by atoms with Crippen LogP contribution in [0.2, 0.25) is 0 Å². The molecule has 1 aliphatic carbocycles. The van der Waals surface area contributed by atoms with E-state index in [0.717, 1.165) is 39.4 Å². The number of rotatable bonds is 9. The van der Waals surface area contributed by atoms with E-state index in [1.807, 2.05) is 0 Å². The van der Waals surface area contributed by atoms with Gasteiger partial charge in [0.15, 0.2) is 0 Å². The van der Waals surface area contributed by atoms with Crippen molar-refractivity contribution < 1.29 is 9.53 Å². The van der Waals surface area contributed by atoms with Crippen LogP contribution in [-0.4, -0.2) is 54.8 Å². The van der Waals surface area contributed by atoms with Gasteiger partial charge < -0.3 is 14.6 Å². The highest BCUT2D eigenvalue weighted by Crippen LogP contribution is 2.41. The fourth-order valence-corrected chi connectivity index (χ4v) is 6.11. The zero-order valence-electron chi connectivity index (χ0n) is 21.8. The van der Waals surface area contributed by atoms with Crippen molar-refractivity contribution in [1.29, 1.82) is 0 Å². The van der Waals surface area contributed by atoms with Crippen LogP contribution in [0.1, 0.15) is 61.1 Å². The molecule has 5 heteroatoms. The number of carbonyl (C=O) groups excluding carboxylic acids is 1. The Hall–Kier alpha value is -2.63. The van der Waals surface area contributed by atoms with Gasteiger partial charge in [-0.1, -0.05) is 67.3 Å². The molecule has 0 bridgehead atoms. The molecule has 1 N–H and O–H groups in total. The standard InChI is InChI=1S/C31H41N3O2/c1-24-11-13-25(14-12-24)22-34-23-29(27-9-5-6-10-30(27)34)28(26-7-3-2-4-8-26)21-31(35)32-15-16-33-17-19-36-20-18-33/h5-6,9-14,23,26,28H,2-4,7-8,15-22H2,1H3,(H,32,35). The van der Waals surface area contributed by atoms with Gasteiger partial charge in [-0.25, -0.2) is 0 Å². The number of aryl methyl sites for hydroxylation is 1. The van der Waals surface area contributed by atoms with E-state index in [1.54, 1.807) is 0 Å². The first kappa shape index (κ1) is 25.0. The molecule has 1 saturated carbocycles. The lowest BCUT2D eigenvalue weighted by molar-refractivity contribution is -0.121. The largest absolute Gasteiger partial charge is 0.379 e. The second-order valence-corrected chi connectivity index (χ2v) is 10.7. The van der Waals surface area contributed by atoms with E-state index >= 15 is 0 Å². The number of ether oxygens (including phenoxy) is 1. The number of nitrogens with zero attached hydrogens (tertiary/aromatic N) is 2. The smallest absolute Gasteiger partial charge is 0.220 e. The average Bonchev–Trinajstić information content (AvgIpc) is 3.28. The van der Waals surface area contributed by atoms with Crippen molar-refractivity contribution in [3.8, 4) is 0 Å². The second-order valence-electron chi connectivity index (χ2n) is 10.7. The number of carbonyl (C=O) groups is 1. The molecular formula is C31H41N3O2. The Balaban J connectivity index is 1.36. The maximum atomic E-state index is 13.2. The lowest BCUT2D eigenvalue weighted by Crippen LogP contribution is -2.41. The molecule has 192 valence electrons. The van der Waals surface area contributed by atoms with E-state index in [2.05, 4.69) is 76.4 Å². The number of morpholine rings is 1. The monoisotopic (exact) mass is 487 g/mol. The van der Waals surface area contributed by atoms with E-state index in [-0.39, 0.29) is 11.8 Å². The minimum Gasteiger partial charge on any atom is -0.379 e. The normalized spacial score (nSPS) is 18.4. The van der Waals surface area contributed by atoms with Crippen molar-refractivity contribution in [2.45, 2.75) is 57.9 Å². The molecule has 1 aliphatic heterocycles. The van der Waals surface area contributed by atoms with Gasteiger partial charge in [-0.15, -0.1) is 0 Å². The predicted octanol–water partition coefficient (Wildman–Crippen LogP) is 5.50. The van der Waals surface area contributed by atoms with Gasteiger partial charge in [-0.3, -0.25) is 9.69 Å². The fourth-order valence-electron chi connectivity index (χ4n) is 6.11. The average molecular weight is 488 g/mol. The van der Waals surface area contributed by atoms with Crippen LogP contribution in [0.15, 0.2) is 54.7 Å². The van der Waals surface area contributed by atoms with Crippen LogP contribution in [0.3, 0.4) is 0 Å². The van der Waals surface area contributed by atoms with Crippen molar-refractivity contribution in [2.75, 3.05) is 39.4 Å². The molecule has 2 aliphatic rings. The molecule has 0 spiro atoms. The van der Waals surface area contributed by atoms with Crippen molar-refractivity contribution in [1.82, 2.24) is 14.8 Å². The van der Waals surface area contributed by atoms with E-state index in [4.69, 9.17) is 4.74 Å². The number of aromatic nitrogens is 1. The van der Waals surface area contributed by atoms with Gasteiger partial charge in [0.25, 0.3) is 0 Å². The highest BCUT2D eigenvalue weighted by molar-refractivity contribution is 5.86. The molecule has 1 unspecified atom stereocenters. The van der Waals surface area contributed by atoms with Gasteiger partial charge in [-0.05, 0) is 48.8 Å². The summed E-state index contributed by atoms with van der Waals surface area (Å²) in [7, 11) is 0. The Kier molecular flexibility index (Phi) is 8.40. The first-order chi connectivity index (χ1) is 17.7. The maximum absolute atomic E-state index is 13.2. The minimum absolute atomic E-state index is 0.189. The molecule has 2 heterocycles. The third kappa shape index (κ3) is 6.19. The van der Waals surface area contributed by atoms with Crippen LogP contribution < -0.4 is 5.32 Å². The number of amides is 1. The van der Waals surface area contributed by atoms with Gasteiger partial charge >= 0.3 is 0 Å². The fraction of sp³-hybridized carbons (Fsp3) is 0.516. The molecule has 1 atom stereocenters. The van der Waals surface area contributed by atoms with E-state index in [1.165, 1.54) is 59.7 Å². The molecule has 5 nitrogen and oxygen atoms in total. The zero-order valence-corrected chi connectivity index (χ0v) is 21.8. The van der Waals surface area contributed by atoms with Crippen LogP contribution in [0.5, 0.6) is 0 Å². The summed E-state index contributed by atoms with van der Waals surface area (Å²) in [6, 6.07) is 17.6. The second kappa shape index (κ2) is 12.1. The molecule has 5 rings (SSSR count). The quantitative estimate of drug-likeness (QED) is 0.434. The Bertz CT molecular complexity index is 1120. The third-order valence-electron chi connectivity index (χ3n) is 8.17. The summed E-state index contributed by atoms with van der Waals surface area (Å²) >= 11 is 0. The van der Waals surface area contributed by atoms with E-state index < -0.39 is 0 Å². The minimum atomic E-state index is 0.189. The van der Waals surface area contributed by atoms with Gasteiger partial charge in [0, 0.05) is 56.2 Å². The summed E-state index contributed by atoms with van der Waals surface area (Å²) in [5.41, 5.74) is 5.21. The summed E-state index contributed by atoms with van der Waals surface area (Å²) < 4.78 is 7.84. The predicted molar refractivity (Wildman–Crippen MR) is 146 cm³/mol. The summed E-state index contributed by atoms with van der Waals surface area (Å²) in [6.07, 6.45) is 9.26. The molecule has 2 fully saturated rings. The van der Waals surface area contributed by atoms with Gasteiger partial charge in [-0.2, -0.15) is 0 Å². The zero-order chi connectivity index (χ0) is 24.7. The number of benzene rings is 2. The lowest BCUT2D eigenvalue weighted by Gasteiger charge is -2.30. The summed E-state index contributed by atoms with van der Waals surface area (Å²) in [4.78, 5) is 15.6. The van der Waals surface area contributed by atoms with E-state index in [9.17, 15) is 4.79 Å². The van der Waals surface area contributed by atoms with Crippen molar-refractivity contribution in [2.24, 2.45) is 5.92 Å². The van der Waals surface area contributed by atoms with Crippen LogP contribution in [0.4, 0.5) is 0 Å². The molecule has 1 aromatic heterocycles. The Morgan fingerprint density at radius 2 is 1.78 bits per heavy atom. The molecule has 2 aromatic carbocycles. The number of para-hydroxylation sites is 1. The molecule has 1 saturated heterocycles. The number of hydrogen-bond acceptors (Lipinski definition) is 3. The van der Waals surface area contributed by atoms with Crippen LogP contribution in [-0.2, 0) is 16.1 Å². The lowest BCUT2D eigenvalue weighted by atomic mass is 9.75. The number of fused-ring (bicyclic) bond motifs is 1. The molecular weight excluding hydrogens is 446 g/mol. The Morgan fingerprint density at radius 1 is 1.03 bits per heavy atom. The Labute approximate surface area is 215 Å².